The maximum absolute atomic E-state index is 13.7. The van der Waals surface area contributed by atoms with Gasteiger partial charge in [0.2, 0.25) is 0 Å². The summed E-state index contributed by atoms with van der Waals surface area (Å²) in [6, 6.07) is 22.2. The highest BCUT2D eigenvalue weighted by atomic mass is 16.2. The lowest BCUT2D eigenvalue weighted by Gasteiger charge is -2.39. The fraction of sp³-hybridized carbons (Fsp3) is 0.344. The second kappa shape index (κ2) is 8.77. The molecule has 1 N–H and O–H groups in total. The molecule has 37 heavy (non-hydrogen) atoms. The number of carbonyl (C=O) groups excluding carboxylic acids is 1. The Hall–Kier alpha value is -3.57. The van der Waals surface area contributed by atoms with Gasteiger partial charge in [-0.25, -0.2) is 0 Å². The molecule has 0 spiro atoms. The zero-order chi connectivity index (χ0) is 25.1. The standard InChI is InChI=1S/C32H34N4O/c1-3-36-28-13-5-4-8-23(28)27-20-21(14-15-29(27)36)30-24-10-6-9-22(24)25-11-7-12-26(31(25)33-30)32(37)35-18-16-34(2)17-19-35/h4-9,11-15,20,22,24,30,33H,3,10,16-19H2,1-2H3. The van der Waals surface area contributed by atoms with E-state index >= 15 is 0 Å². The molecule has 0 radical (unpaired) electrons. The van der Waals surface area contributed by atoms with Gasteiger partial charge in [0.05, 0.1) is 17.3 Å². The monoisotopic (exact) mass is 490 g/mol. The molecule has 7 rings (SSSR count). The summed E-state index contributed by atoms with van der Waals surface area (Å²) < 4.78 is 2.41. The number of rotatable bonds is 3. The Balaban J connectivity index is 1.31. The van der Waals surface area contributed by atoms with E-state index in [1.807, 2.05) is 11.0 Å². The number of nitrogens with one attached hydrogen (secondary N) is 1. The molecule has 3 unspecified atom stereocenters. The number of aromatic nitrogens is 1. The van der Waals surface area contributed by atoms with E-state index in [2.05, 4.69) is 95.5 Å². The minimum atomic E-state index is 0.151. The molecule has 5 heteroatoms. The number of carbonyl (C=O) groups is 1. The number of amides is 1. The Labute approximate surface area is 218 Å². The first-order valence-corrected chi connectivity index (χ1v) is 13.7. The van der Waals surface area contributed by atoms with E-state index in [1.165, 1.54) is 32.9 Å². The molecule has 2 aliphatic heterocycles. The molecular weight excluding hydrogens is 456 g/mol. The number of allylic oxidation sites excluding steroid dienone is 2. The van der Waals surface area contributed by atoms with Crippen molar-refractivity contribution >= 4 is 33.4 Å². The number of hydrogen-bond acceptors (Lipinski definition) is 3. The van der Waals surface area contributed by atoms with Crippen molar-refractivity contribution in [3.05, 3.63) is 89.5 Å². The third kappa shape index (κ3) is 3.51. The number of benzene rings is 3. The van der Waals surface area contributed by atoms with Crippen LogP contribution < -0.4 is 5.32 Å². The topological polar surface area (TPSA) is 40.5 Å². The third-order valence-electron chi connectivity index (χ3n) is 8.89. The highest BCUT2D eigenvalue weighted by molar-refractivity contribution is 6.08. The van der Waals surface area contributed by atoms with Crippen LogP contribution >= 0.6 is 0 Å². The van der Waals surface area contributed by atoms with Crippen LogP contribution in [-0.2, 0) is 6.54 Å². The molecule has 5 nitrogen and oxygen atoms in total. The molecule has 1 saturated heterocycles. The second-order valence-electron chi connectivity index (χ2n) is 10.9. The number of likely N-dealkylation sites (N-methyl/N-ethyl adjacent to an activating group) is 1. The van der Waals surface area contributed by atoms with Crippen molar-refractivity contribution in [3.63, 3.8) is 0 Å². The van der Waals surface area contributed by atoms with Gasteiger partial charge in [-0.15, -0.1) is 0 Å². The first kappa shape index (κ1) is 22.6. The van der Waals surface area contributed by atoms with Crippen LogP contribution in [0.4, 0.5) is 5.69 Å². The fourth-order valence-corrected chi connectivity index (χ4v) is 6.91. The highest BCUT2D eigenvalue weighted by Crippen LogP contribution is 2.51. The van der Waals surface area contributed by atoms with Gasteiger partial charge in [-0.2, -0.15) is 0 Å². The van der Waals surface area contributed by atoms with Gasteiger partial charge in [-0.05, 0) is 61.7 Å². The van der Waals surface area contributed by atoms with E-state index < -0.39 is 0 Å². The van der Waals surface area contributed by atoms with Crippen molar-refractivity contribution < 1.29 is 4.79 Å². The van der Waals surface area contributed by atoms with Crippen LogP contribution in [-0.4, -0.2) is 53.5 Å². The second-order valence-corrected chi connectivity index (χ2v) is 10.9. The van der Waals surface area contributed by atoms with E-state index in [9.17, 15) is 4.79 Å². The number of hydrogen-bond donors (Lipinski definition) is 1. The van der Waals surface area contributed by atoms with E-state index in [-0.39, 0.29) is 11.9 Å². The largest absolute Gasteiger partial charge is 0.377 e. The Kier molecular flexibility index (Phi) is 5.36. The van der Waals surface area contributed by atoms with Crippen LogP contribution in [0.2, 0.25) is 0 Å². The first-order chi connectivity index (χ1) is 18.1. The van der Waals surface area contributed by atoms with E-state index in [1.54, 1.807) is 0 Å². The number of piperazine rings is 1. The Morgan fingerprint density at radius 2 is 1.76 bits per heavy atom. The van der Waals surface area contributed by atoms with Crippen LogP contribution in [0.25, 0.3) is 21.8 Å². The van der Waals surface area contributed by atoms with E-state index in [0.29, 0.717) is 11.8 Å². The summed E-state index contributed by atoms with van der Waals surface area (Å²) in [5.74, 6) is 0.922. The van der Waals surface area contributed by atoms with E-state index in [0.717, 1.165) is 50.4 Å². The first-order valence-electron chi connectivity index (χ1n) is 13.7. The van der Waals surface area contributed by atoms with Crippen molar-refractivity contribution in [1.82, 2.24) is 14.4 Å². The molecule has 1 fully saturated rings. The molecule has 1 aliphatic carbocycles. The van der Waals surface area contributed by atoms with Crippen LogP contribution in [0, 0.1) is 5.92 Å². The molecule has 1 aromatic heterocycles. The zero-order valence-electron chi connectivity index (χ0n) is 21.7. The van der Waals surface area contributed by atoms with E-state index in [4.69, 9.17) is 0 Å². The summed E-state index contributed by atoms with van der Waals surface area (Å²) in [4.78, 5) is 18.0. The zero-order valence-corrected chi connectivity index (χ0v) is 21.7. The van der Waals surface area contributed by atoms with Crippen molar-refractivity contribution in [3.8, 4) is 0 Å². The maximum Gasteiger partial charge on any atom is 0.256 e. The van der Waals surface area contributed by atoms with Gasteiger partial charge in [0.15, 0.2) is 0 Å². The molecule has 0 saturated carbocycles. The molecule has 3 atom stereocenters. The molecule has 0 bridgehead atoms. The van der Waals surface area contributed by atoms with Crippen molar-refractivity contribution in [2.24, 2.45) is 5.92 Å². The van der Waals surface area contributed by atoms with Crippen molar-refractivity contribution in [2.45, 2.75) is 31.8 Å². The number of aryl methyl sites for hydroxylation is 1. The smallest absolute Gasteiger partial charge is 0.256 e. The van der Waals surface area contributed by atoms with Gasteiger partial charge in [-0.3, -0.25) is 4.79 Å². The van der Waals surface area contributed by atoms with Crippen molar-refractivity contribution in [1.29, 1.82) is 0 Å². The number of anilines is 1. The lowest BCUT2D eigenvalue weighted by Crippen LogP contribution is -2.47. The Morgan fingerprint density at radius 3 is 2.59 bits per heavy atom. The van der Waals surface area contributed by atoms with Crippen LogP contribution in [0.3, 0.4) is 0 Å². The summed E-state index contributed by atoms with van der Waals surface area (Å²) >= 11 is 0. The lowest BCUT2D eigenvalue weighted by atomic mass is 9.76. The highest BCUT2D eigenvalue weighted by Gasteiger charge is 2.40. The normalized spacial score (nSPS) is 23.3. The molecule has 188 valence electrons. The quantitative estimate of drug-likeness (QED) is 0.357. The molecule has 3 aliphatic rings. The van der Waals surface area contributed by atoms with Gasteiger partial charge < -0.3 is 19.7 Å². The summed E-state index contributed by atoms with van der Waals surface area (Å²) in [7, 11) is 2.12. The minimum absolute atomic E-state index is 0.151. The molecule has 1 amide bonds. The third-order valence-corrected chi connectivity index (χ3v) is 8.89. The number of nitrogens with zero attached hydrogens (tertiary/aromatic N) is 3. The molecule has 3 aromatic carbocycles. The van der Waals surface area contributed by atoms with Gasteiger partial charge in [-0.1, -0.05) is 48.6 Å². The number of para-hydroxylation sites is 2. The van der Waals surface area contributed by atoms with Crippen molar-refractivity contribution in [2.75, 3.05) is 38.5 Å². The average molecular weight is 491 g/mol. The van der Waals surface area contributed by atoms with Gasteiger partial charge in [0, 0.05) is 60.4 Å². The number of fused-ring (bicyclic) bond motifs is 6. The summed E-state index contributed by atoms with van der Waals surface area (Å²) in [6.45, 7) is 6.59. The summed E-state index contributed by atoms with van der Waals surface area (Å²) in [6.07, 6.45) is 5.74. The summed E-state index contributed by atoms with van der Waals surface area (Å²) in [5.41, 5.74) is 6.99. The Morgan fingerprint density at radius 1 is 0.946 bits per heavy atom. The summed E-state index contributed by atoms with van der Waals surface area (Å²) in [5, 5.41) is 6.53. The fourth-order valence-electron chi connectivity index (χ4n) is 6.91. The average Bonchev–Trinajstić information content (AvgIpc) is 3.55. The SMILES string of the molecule is CCn1c2ccccc2c2cc(C3Nc4c(C(=O)N5CCN(C)CC5)cccc4C4C=CCC43)ccc21. The predicted octanol–water partition coefficient (Wildman–Crippen LogP) is 6.03. The predicted molar refractivity (Wildman–Crippen MR) is 151 cm³/mol. The maximum atomic E-state index is 13.7. The molecule has 3 heterocycles. The van der Waals surface area contributed by atoms with Gasteiger partial charge in [0.1, 0.15) is 0 Å². The molecule has 4 aromatic rings. The Bertz CT molecular complexity index is 1540. The molecular formula is C32H34N4O. The lowest BCUT2D eigenvalue weighted by molar-refractivity contribution is 0.0664. The van der Waals surface area contributed by atoms with Crippen LogP contribution in [0.5, 0.6) is 0 Å². The van der Waals surface area contributed by atoms with Gasteiger partial charge >= 0.3 is 0 Å². The minimum Gasteiger partial charge on any atom is -0.377 e. The van der Waals surface area contributed by atoms with Crippen LogP contribution in [0.1, 0.15) is 46.8 Å². The van der Waals surface area contributed by atoms with Gasteiger partial charge in [0.25, 0.3) is 5.91 Å². The van der Waals surface area contributed by atoms with Crippen LogP contribution in [0.15, 0.2) is 72.8 Å².